The second-order valence-corrected chi connectivity index (χ2v) is 6.15. The molecular weight excluding hydrogens is 344 g/mol. The van der Waals surface area contributed by atoms with Gasteiger partial charge in [-0.3, -0.25) is 9.78 Å². The number of anilines is 1. The number of aromatic nitrogens is 3. The Bertz CT molecular complexity index is 1100. The number of carbonyl (C=O) groups is 1. The first-order chi connectivity index (χ1) is 13.1. The molecular formula is C20H18N4O3. The number of rotatable bonds is 5. The molecule has 4 aromatic rings. The van der Waals surface area contributed by atoms with E-state index >= 15 is 0 Å². The highest BCUT2D eigenvalue weighted by molar-refractivity contribution is 6.04. The van der Waals surface area contributed by atoms with Crippen LogP contribution in [0.5, 0.6) is 5.75 Å². The molecule has 7 heteroatoms. The van der Waals surface area contributed by atoms with E-state index in [2.05, 4.69) is 15.4 Å². The number of pyridine rings is 1. The van der Waals surface area contributed by atoms with Gasteiger partial charge in [-0.15, -0.1) is 0 Å². The standard InChI is InChI=1S/C20H18N4O3/c1-13-9-19(24(23-13)12-14-5-7-21-8-6-14)22-20(25)18-11-15-10-16(26-2)3-4-17(15)27-18/h3-11H,12H2,1-2H3,(H,22,25). The van der Waals surface area contributed by atoms with Gasteiger partial charge in [0, 0.05) is 23.8 Å². The summed E-state index contributed by atoms with van der Waals surface area (Å²) in [6.45, 7) is 2.41. The quantitative estimate of drug-likeness (QED) is 0.586. The molecule has 0 unspecified atom stereocenters. The van der Waals surface area contributed by atoms with Gasteiger partial charge in [0.05, 0.1) is 19.3 Å². The number of methoxy groups -OCH3 is 1. The molecule has 1 aromatic carbocycles. The number of fused-ring (bicyclic) bond motifs is 1. The summed E-state index contributed by atoms with van der Waals surface area (Å²) in [5.74, 6) is 1.21. The Morgan fingerprint density at radius 2 is 2.00 bits per heavy atom. The third-order valence-corrected chi connectivity index (χ3v) is 4.17. The van der Waals surface area contributed by atoms with E-state index in [-0.39, 0.29) is 11.7 Å². The van der Waals surface area contributed by atoms with Crippen LogP contribution in [0.15, 0.2) is 59.3 Å². The van der Waals surface area contributed by atoms with Crippen molar-refractivity contribution in [3.63, 3.8) is 0 Å². The number of aryl methyl sites for hydroxylation is 1. The zero-order chi connectivity index (χ0) is 18.8. The minimum Gasteiger partial charge on any atom is -0.497 e. The monoisotopic (exact) mass is 362 g/mol. The molecule has 0 fully saturated rings. The SMILES string of the molecule is COc1ccc2oc(C(=O)Nc3cc(C)nn3Cc3ccncc3)cc2c1. The molecule has 3 heterocycles. The van der Waals surface area contributed by atoms with Crippen LogP contribution in [0, 0.1) is 6.92 Å². The molecule has 0 aliphatic carbocycles. The molecule has 0 saturated heterocycles. The number of nitrogens with zero attached hydrogens (tertiary/aromatic N) is 3. The van der Waals surface area contributed by atoms with Crippen molar-refractivity contribution in [2.45, 2.75) is 13.5 Å². The predicted molar refractivity (Wildman–Crippen MR) is 101 cm³/mol. The van der Waals surface area contributed by atoms with Crippen LogP contribution in [-0.2, 0) is 6.54 Å². The highest BCUT2D eigenvalue weighted by Gasteiger charge is 2.16. The molecule has 7 nitrogen and oxygen atoms in total. The van der Waals surface area contributed by atoms with Crippen LogP contribution in [0.3, 0.4) is 0 Å². The molecule has 1 amide bonds. The number of carbonyl (C=O) groups excluding carboxylic acids is 1. The van der Waals surface area contributed by atoms with Crippen molar-refractivity contribution in [2.24, 2.45) is 0 Å². The van der Waals surface area contributed by atoms with E-state index in [0.717, 1.165) is 16.6 Å². The lowest BCUT2D eigenvalue weighted by atomic mass is 10.2. The summed E-state index contributed by atoms with van der Waals surface area (Å²) in [5, 5.41) is 8.14. The van der Waals surface area contributed by atoms with Gasteiger partial charge < -0.3 is 14.5 Å². The smallest absolute Gasteiger partial charge is 0.292 e. The van der Waals surface area contributed by atoms with Crippen LogP contribution in [0.4, 0.5) is 5.82 Å². The first-order valence-electron chi connectivity index (χ1n) is 8.44. The lowest BCUT2D eigenvalue weighted by molar-refractivity contribution is 0.0997. The zero-order valence-electron chi connectivity index (χ0n) is 15.0. The maximum Gasteiger partial charge on any atom is 0.292 e. The van der Waals surface area contributed by atoms with Crippen LogP contribution in [0.2, 0.25) is 0 Å². The minimum absolute atomic E-state index is 0.229. The highest BCUT2D eigenvalue weighted by atomic mass is 16.5. The Morgan fingerprint density at radius 3 is 2.78 bits per heavy atom. The number of furan rings is 1. The van der Waals surface area contributed by atoms with Gasteiger partial charge in [0.1, 0.15) is 17.2 Å². The fraction of sp³-hybridized carbons (Fsp3) is 0.150. The van der Waals surface area contributed by atoms with Crippen molar-refractivity contribution in [1.29, 1.82) is 0 Å². The molecule has 0 aliphatic heterocycles. The van der Waals surface area contributed by atoms with E-state index in [1.807, 2.05) is 31.2 Å². The molecule has 0 atom stereocenters. The first-order valence-corrected chi connectivity index (χ1v) is 8.44. The summed E-state index contributed by atoms with van der Waals surface area (Å²) in [6, 6.07) is 12.7. The predicted octanol–water partition coefficient (Wildman–Crippen LogP) is 3.64. The van der Waals surface area contributed by atoms with Crippen molar-refractivity contribution < 1.29 is 13.9 Å². The summed E-state index contributed by atoms with van der Waals surface area (Å²) in [6.07, 6.45) is 3.46. The van der Waals surface area contributed by atoms with Crippen molar-refractivity contribution in [3.05, 3.63) is 71.9 Å². The topological polar surface area (TPSA) is 82.2 Å². The molecule has 0 aliphatic rings. The molecule has 0 saturated carbocycles. The van der Waals surface area contributed by atoms with Gasteiger partial charge in [0.25, 0.3) is 5.91 Å². The second-order valence-electron chi connectivity index (χ2n) is 6.15. The summed E-state index contributed by atoms with van der Waals surface area (Å²) in [4.78, 5) is 16.7. The average molecular weight is 362 g/mol. The third kappa shape index (κ3) is 3.52. The van der Waals surface area contributed by atoms with Crippen molar-refractivity contribution in [3.8, 4) is 5.75 Å². The second kappa shape index (κ2) is 6.95. The normalized spacial score (nSPS) is 10.9. The third-order valence-electron chi connectivity index (χ3n) is 4.17. The largest absolute Gasteiger partial charge is 0.497 e. The van der Waals surface area contributed by atoms with Gasteiger partial charge in [0.15, 0.2) is 5.76 Å². The van der Waals surface area contributed by atoms with E-state index < -0.39 is 0 Å². The van der Waals surface area contributed by atoms with Gasteiger partial charge in [-0.05, 0) is 48.9 Å². The van der Waals surface area contributed by atoms with Crippen LogP contribution in [0.1, 0.15) is 21.8 Å². The molecule has 0 spiro atoms. The van der Waals surface area contributed by atoms with Crippen molar-refractivity contribution in [2.75, 3.05) is 12.4 Å². The Hall–Kier alpha value is -3.61. The Morgan fingerprint density at radius 1 is 1.19 bits per heavy atom. The molecule has 27 heavy (non-hydrogen) atoms. The maximum absolute atomic E-state index is 12.7. The van der Waals surface area contributed by atoms with Gasteiger partial charge in [-0.2, -0.15) is 5.10 Å². The minimum atomic E-state index is -0.332. The summed E-state index contributed by atoms with van der Waals surface area (Å²) < 4.78 is 12.6. The van der Waals surface area contributed by atoms with Gasteiger partial charge in [0.2, 0.25) is 0 Å². The molecule has 0 bridgehead atoms. The zero-order valence-corrected chi connectivity index (χ0v) is 15.0. The van der Waals surface area contributed by atoms with Gasteiger partial charge >= 0.3 is 0 Å². The molecule has 3 aromatic heterocycles. The molecule has 136 valence electrons. The number of amides is 1. The number of ether oxygens (including phenoxy) is 1. The average Bonchev–Trinajstić information content (AvgIpc) is 3.25. The number of benzene rings is 1. The molecule has 4 rings (SSSR count). The number of hydrogen-bond donors (Lipinski definition) is 1. The van der Waals surface area contributed by atoms with Crippen molar-refractivity contribution in [1.82, 2.24) is 14.8 Å². The van der Waals surface area contributed by atoms with Crippen LogP contribution in [0.25, 0.3) is 11.0 Å². The lowest BCUT2D eigenvalue weighted by Gasteiger charge is -2.08. The summed E-state index contributed by atoms with van der Waals surface area (Å²) in [5.41, 5.74) is 2.48. The lowest BCUT2D eigenvalue weighted by Crippen LogP contribution is -2.15. The van der Waals surface area contributed by atoms with Crippen LogP contribution < -0.4 is 10.1 Å². The first kappa shape index (κ1) is 16.8. The fourth-order valence-electron chi connectivity index (χ4n) is 2.87. The van der Waals surface area contributed by atoms with Crippen molar-refractivity contribution >= 4 is 22.7 Å². The van der Waals surface area contributed by atoms with Gasteiger partial charge in [-0.25, -0.2) is 4.68 Å². The molecule has 0 radical (unpaired) electrons. The van der Waals surface area contributed by atoms with Gasteiger partial charge in [-0.1, -0.05) is 0 Å². The van der Waals surface area contributed by atoms with E-state index in [1.165, 1.54) is 0 Å². The maximum atomic E-state index is 12.7. The Kier molecular flexibility index (Phi) is 4.33. The Balaban J connectivity index is 1.58. The summed E-state index contributed by atoms with van der Waals surface area (Å²) in [7, 11) is 1.60. The summed E-state index contributed by atoms with van der Waals surface area (Å²) >= 11 is 0. The Labute approximate surface area is 155 Å². The van der Waals surface area contributed by atoms with E-state index in [9.17, 15) is 4.79 Å². The van der Waals surface area contributed by atoms with Crippen LogP contribution >= 0.6 is 0 Å². The fourth-order valence-corrected chi connectivity index (χ4v) is 2.87. The highest BCUT2D eigenvalue weighted by Crippen LogP contribution is 2.25. The van der Waals surface area contributed by atoms with E-state index in [1.54, 1.807) is 42.4 Å². The van der Waals surface area contributed by atoms with E-state index in [0.29, 0.717) is 23.7 Å². The number of nitrogens with one attached hydrogen (secondary N) is 1. The van der Waals surface area contributed by atoms with Crippen LogP contribution in [-0.4, -0.2) is 27.8 Å². The molecule has 1 N–H and O–H groups in total. The number of hydrogen-bond acceptors (Lipinski definition) is 5. The van der Waals surface area contributed by atoms with E-state index in [4.69, 9.17) is 9.15 Å².